The zero-order chi connectivity index (χ0) is 22.1. The highest BCUT2D eigenvalue weighted by atomic mass is 16.5. The second-order valence-electron chi connectivity index (χ2n) is 8.05. The summed E-state index contributed by atoms with van der Waals surface area (Å²) in [6.45, 7) is 3.47. The third kappa shape index (κ3) is 6.62. The van der Waals surface area contributed by atoms with Gasteiger partial charge < -0.3 is 19.5 Å². The molecule has 0 saturated carbocycles. The molecule has 1 amide bonds. The van der Waals surface area contributed by atoms with Crippen LogP contribution in [-0.2, 0) is 17.9 Å². The number of benzene rings is 2. The number of carbonyl (C=O) groups excluding carboxylic acids is 1. The Balaban J connectivity index is 1.45. The Morgan fingerprint density at radius 2 is 1.84 bits per heavy atom. The van der Waals surface area contributed by atoms with Crippen molar-refractivity contribution < 1.29 is 19.0 Å². The molecule has 1 heterocycles. The van der Waals surface area contributed by atoms with E-state index >= 15 is 0 Å². The summed E-state index contributed by atoms with van der Waals surface area (Å²) in [5.41, 5.74) is 2.16. The quantitative estimate of drug-likeness (QED) is 0.622. The lowest BCUT2D eigenvalue weighted by Gasteiger charge is -2.33. The minimum atomic E-state index is 0.0831. The van der Waals surface area contributed by atoms with E-state index < -0.39 is 0 Å². The van der Waals surface area contributed by atoms with Crippen LogP contribution in [0, 0.1) is 5.92 Å². The summed E-state index contributed by atoms with van der Waals surface area (Å²) in [6, 6.07) is 13.8. The molecule has 168 valence electrons. The van der Waals surface area contributed by atoms with Crippen LogP contribution >= 0.6 is 0 Å². The molecule has 0 aromatic heterocycles. The number of para-hydroxylation sites is 1. The molecule has 0 bridgehead atoms. The van der Waals surface area contributed by atoms with Gasteiger partial charge in [0.05, 0.1) is 21.3 Å². The van der Waals surface area contributed by atoms with E-state index in [1.54, 1.807) is 21.3 Å². The maximum absolute atomic E-state index is 12.4. The summed E-state index contributed by atoms with van der Waals surface area (Å²) in [5.74, 6) is 3.03. The Labute approximate surface area is 185 Å². The SMILES string of the molecule is COc1ccc(CNC(=O)CC[C@@H]2CCCN(Cc3ccccc3OC)C2)c(OC)c1. The zero-order valence-electron chi connectivity index (χ0n) is 18.9. The van der Waals surface area contributed by atoms with E-state index in [4.69, 9.17) is 14.2 Å². The molecule has 1 aliphatic rings. The summed E-state index contributed by atoms with van der Waals surface area (Å²) in [7, 11) is 4.97. The average molecular weight is 427 g/mol. The molecule has 1 N–H and O–H groups in total. The molecule has 31 heavy (non-hydrogen) atoms. The monoisotopic (exact) mass is 426 g/mol. The van der Waals surface area contributed by atoms with Crippen molar-refractivity contribution in [2.24, 2.45) is 5.92 Å². The summed E-state index contributed by atoms with van der Waals surface area (Å²) in [5, 5.41) is 3.03. The fraction of sp³-hybridized carbons (Fsp3) is 0.480. The lowest BCUT2D eigenvalue weighted by Crippen LogP contribution is -2.35. The van der Waals surface area contributed by atoms with Gasteiger partial charge in [-0.2, -0.15) is 0 Å². The zero-order valence-corrected chi connectivity index (χ0v) is 18.9. The van der Waals surface area contributed by atoms with Crippen molar-refractivity contribution in [3.8, 4) is 17.2 Å². The summed E-state index contributed by atoms with van der Waals surface area (Å²) in [4.78, 5) is 14.9. The first-order valence-electron chi connectivity index (χ1n) is 10.9. The molecule has 6 nitrogen and oxygen atoms in total. The van der Waals surface area contributed by atoms with E-state index in [1.165, 1.54) is 18.4 Å². The van der Waals surface area contributed by atoms with Gasteiger partial charge in [-0.25, -0.2) is 0 Å². The van der Waals surface area contributed by atoms with Crippen LogP contribution in [-0.4, -0.2) is 45.2 Å². The Bertz CT molecular complexity index is 855. The average Bonchev–Trinajstić information content (AvgIpc) is 2.81. The van der Waals surface area contributed by atoms with E-state index in [2.05, 4.69) is 22.3 Å². The molecule has 1 fully saturated rings. The van der Waals surface area contributed by atoms with E-state index in [0.29, 0.717) is 18.9 Å². The lowest BCUT2D eigenvalue weighted by atomic mass is 9.93. The molecule has 2 aromatic carbocycles. The van der Waals surface area contributed by atoms with Gasteiger partial charge in [0.15, 0.2) is 0 Å². The first-order valence-corrected chi connectivity index (χ1v) is 10.9. The number of carbonyl (C=O) groups is 1. The maximum atomic E-state index is 12.4. The molecular weight excluding hydrogens is 392 g/mol. The van der Waals surface area contributed by atoms with Gasteiger partial charge in [0, 0.05) is 43.2 Å². The van der Waals surface area contributed by atoms with Crippen molar-refractivity contribution in [2.45, 2.75) is 38.8 Å². The van der Waals surface area contributed by atoms with Crippen LogP contribution < -0.4 is 19.5 Å². The molecule has 1 saturated heterocycles. The molecule has 0 spiro atoms. The summed E-state index contributed by atoms with van der Waals surface area (Å²) in [6.07, 6.45) is 3.81. The maximum Gasteiger partial charge on any atom is 0.220 e. The standard InChI is InChI=1S/C25H34N2O4/c1-29-22-12-11-20(24(15-22)31-3)16-26-25(28)13-10-19-7-6-14-27(17-19)18-21-8-4-5-9-23(21)30-2/h4-5,8-9,11-12,15,19H,6-7,10,13-14,16-18H2,1-3H3,(H,26,28)/t19-/m0/s1. The van der Waals surface area contributed by atoms with E-state index in [0.717, 1.165) is 48.9 Å². The van der Waals surface area contributed by atoms with Gasteiger partial charge in [-0.1, -0.05) is 18.2 Å². The predicted molar refractivity (Wildman–Crippen MR) is 122 cm³/mol. The number of rotatable bonds is 10. The van der Waals surface area contributed by atoms with E-state index in [9.17, 15) is 4.79 Å². The molecule has 0 unspecified atom stereocenters. The summed E-state index contributed by atoms with van der Waals surface area (Å²) < 4.78 is 16.1. The molecule has 1 atom stereocenters. The number of hydrogen-bond acceptors (Lipinski definition) is 5. The number of methoxy groups -OCH3 is 3. The van der Waals surface area contributed by atoms with Crippen molar-refractivity contribution in [1.29, 1.82) is 0 Å². The van der Waals surface area contributed by atoms with Crippen LogP contribution in [0.15, 0.2) is 42.5 Å². The fourth-order valence-electron chi connectivity index (χ4n) is 4.22. The highest BCUT2D eigenvalue weighted by Gasteiger charge is 2.21. The van der Waals surface area contributed by atoms with Crippen LogP contribution in [0.4, 0.5) is 0 Å². The van der Waals surface area contributed by atoms with Crippen LogP contribution in [0.1, 0.15) is 36.8 Å². The first kappa shape index (κ1) is 22.9. The normalized spacial score (nSPS) is 16.5. The smallest absolute Gasteiger partial charge is 0.220 e. The van der Waals surface area contributed by atoms with Crippen LogP contribution in [0.3, 0.4) is 0 Å². The number of nitrogens with one attached hydrogen (secondary N) is 1. The van der Waals surface area contributed by atoms with Crippen LogP contribution in [0.2, 0.25) is 0 Å². The van der Waals surface area contributed by atoms with Gasteiger partial charge in [0.25, 0.3) is 0 Å². The van der Waals surface area contributed by atoms with Gasteiger partial charge in [0.1, 0.15) is 17.2 Å². The highest BCUT2D eigenvalue weighted by Crippen LogP contribution is 2.26. The molecule has 6 heteroatoms. The van der Waals surface area contributed by atoms with Crippen molar-refractivity contribution in [3.05, 3.63) is 53.6 Å². The molecular formula is C25H34N2O4. The minimum Gasteiger partial charge on any atom is -0.497 e. The number of amides is 1. The third-order valence-electron chi connectivity index (χ3n) is 5.94. The van der Waals surface area contributed by atoms with Gasteiger partial charge in [-0.15, -0.1) is 0 Å². The first-order chi connectivity index (χ1) is 15.1. The molecule has 3 rings (SSSR count). The Morgan fingerprint density at radius 3 is 2.61 bits per heavy atom. The van der Waals surface area contributed by atoms with E-state index in [1.807, 2.05) is 30.3 Å². The Kier molecular flexibility index (Phi) is 8.59. The van der Waals surface area contributed by atoms with Gasteiger partial charge >= 0.3 is 0 Å². The third-order valence-corrected chi connectivity index (χ3v) is 5.94. The Hall–Kier alpha value is -2.73. The fourth-order valence-corrected chi connectivity index (χ4v) is 4.22. The minimum absolute atomic E-state index is 0.0831. The van der Waals surface area contributed by atoms with Gasteiger partial charge in [-0.05, 0) is 49.9 Å². The molecule has 0 aliphatic carbocycles. The van der Waals surface area contributed by atoms with Gasteiger partial charge in [0.2, 0.25) is 5.91 Å². The highest BCUT2D eigenvalue weighted by molar-refractivity contribution is 5.75. The number of ether oxygens (including phenoxy) is 3. The molecule has 0 radical (unpaired) electrons. The number of hydrogen-bond donors (Lipinski definition) is 1. The molecule has 2 aromatic rings. The largest absolute Gasteiger partial charge is 0.497 e. The number of piperidine rings is 1. The van der Waals surface area contributed by atoms with Crippen LogP contribution in [0.25, 0.3) is 0 Å². The van der Waals surface area contributed by atoms with Gasteiger partial charge in [-0.3, -0.25) is 9.69 Å². The lowest BCUT2D eigenvalue weighted by molar-refractivity contribution is -0.121. The number of likely N-dealkylation sites (tertiary alicyclic amines) is 1. The Morgan fingerprint density at radius 1 is 1.03 bits per heavy atom. The van der Waals surface area contributed by atoms with Crippen molar-refractivity contribution in [3.63, 3.8) is 0 Å². The van der Waals surface area contributed by atoms with E-state index in [-0.39, 0.29) is 5.91 Å². The van der Waals surface area contributed by atoms with Crippen molar-refractivity contribution in [1.82, 2.24) is 10.2 Å². The number of nitrogens with zero attached hydrogens (tertiary/aromatic N) is 1. The molecule has 1 aliphatic heterocycles. The van der Waals surface area contributed by atoms with Crippen molar-refractivity contribution in [2.75, 3.05) is 34.4 Å². The topological polar surface area (TPSA) is 60.0 Å². The predicted octanol–water partition coefficient (Wildman–Crippen LogP) is 4.02. The second-order valence-corrected chi connectivity index (χ2v) is 8.05. The van der Waals surface area contributed by atoms with Crippen LogP contribution in [0.5, 0.6) is 17.2 Å². The summed E-state index contributed by atoms with van der Waals surface area (Å²) >= 11 is 0. The van der Waals surface area contributed by atoms with Crippen molar-refractivity contribution >= 4 is 5.91 Å². The second kappa shape index (κ2) is 11.6.